The largest absolute Gasteiger partial charge is 0.369 e. The normalized spacial score (nSPS) is 11.4. The zero-order valence-corrected chi connectivity index (χ0v) is 9.18. The quantitative estimate of drug-likeness (QED) is 0.549. The smallest absolute Gasteiger partial charge is 0.154 e. The Morgan fingerprint density at radius 2 is 2.13 bits per heavy atom. The third kappa shape index (κ3) is 1.98. The average molecular weight is 202 g/mol. The Kier molecular flexibility index (Phi) is 2.41. The van der Waals surface area contributed by atoms with Crippen LogP contribution in [0.25, 0.3) is 11.0 Å². The van der Waals surface area contributed by atoms with Crippen LogP contribution in [-0.2, 0) is 7.05 Å². The minimum Gasteiger partial charge on any atom is -0.369 e. The Bertz CT molecular complexity index is 496. The van der Waals surface area contributed by atoms with E-state index in [1.165, 1.54) is 0 Å². The minimum atomic E-state index is 0.738. The van der Waals surface area contributed by atoms with Crippen molar-refractivity contribution in [2.75, 3.05) is 14.1 Å². The summed E-state index contributed by atoms with van der Waals surface area (Å²) < 4.78 is 2.04. The molecule has 0 amide bonds. The molecule has 2 heterocycles. The van der Waals surface area contributed by atoms with Gasteiger partial charge < -0.3 is 9.47 Å². The van der Waals surface area contributed by atoms with E-state index in [4.69, 9.17) is 0 Å². The van der Waals surface area contributed by atoms with Gasteiger partial charge in [-0.2, -0.15) is 0 Å². The topological polar surface area (TPSA) is 33.4 Å². The highest BCUT2D eigenvalue weighted by atomic mass is 15.1. The van der Waals surface area contributed by atoms with Gasteiger partial charge in [0.05, 0.1) is 17.4 Å². The van der Waals surface area contributed by atoms with Gasteiger partial charge >= 0.3 is 0 Å². The second-order valence-corrected chi connectivity index (χ2v) is 3.71. The van der Waals surface area contributed by atoms with Crippen LogP contribution in [0, 0.1) is 0 Å². The lowest BCUT2D eigenvalue weighted by Gasteiger charge is -2.02. The molecule has 0 radical (unpaired) electrons. The van der Waals surface area contributed by atoms with E-state index in [-0.39, 0.29) is 0 Å². The summed E-state index contributed by atoms with van der Waals surface area (Å²) in [7, 11) is 5.88. The second kappa shape index (κ2) is 3.73. The number of rotatable bonds is 2. The molecular formula is C11H14N4. The molecule has 0 aliphatic rings. The summed E-state index contributed by atoms with van der Waals surface area (Å²) >= 11 is 0. The molecule has 0 saturated heterocycles. The van der Waals surface area contributed by atoms with Crippen molar-refractivity contribution in [3.05, 3.63) is 24.4 Å². The van der Waals surface area contributed by atoms with Gasteiger partial charge in [0.2, 0.25) is 0 Å². The number of aryl methyl sites for hydroxylation is 1. The maximum Gasteiger partial charge on any atom is 0.154 e. The zero-order valence-electron chi connectivity index (χ0n) is 9.18. The molecule has 2 rings (SSSR count). The third-order valence-electron chi connectivity index (χ3n) is 2.14. The first-order valence-corrected chi connectivity index (χ1v) is 4.79. The molecule has 0 aromatic carbocycles. The molecule has 0 aliphatic heterocycles. The molecule has 0 saturated carbocycles. The Balaban J connectivity index is 2.39. The van der Waals surface area contributed by atoms with Crippen LogP contribution < -0.4 is 0 Å². The number of hydrogen-bond donors (Lipinski definition) is 0. The third-order valence-corrected chi connectivity index (χ3v) is 2.14. The number of hydrogen-bond acceptors (Lipinski definition) is 2. The van der Waals surface area contributed by atoms with Gasteiger partial charge in [-0.3, -0.25) is 0 Å². The van der Waals surface area contributed by atoms with Gasteiger partial charge in [0, 0.05) is 27.3 Å². The first kappa shape index (κ1) is 9.71. The fourth-order valence-electron chi connectivity index (χ4n) is 1.39. The minimum absolute atomic E-state index is 0.738. The predicted octanol–water partition coefficient (Wildman–Crippen LogP) is 1.79. The molecule has 78 valence electrons. The van der Waals surface area contributed by atoms with Crippen molar-refractivity contribution >= 4 is 23.2 Å². The van der Waals surface area contributed by atoms with Gasteiger partial charge in [-0.05, 0) is 18.2 Å². The highest BCUT2D eigenvalue weighted by molar-refractivity contribution is 5.77. The second-order valence-electron chi connectivity index (χ2n) is 3.71. The summed E-state index contributed by atoms with van der Waals surface area (Å²) in [6.07, 6.45) is 3.74. The SMILES string of the molecule is CN(C)C=Nc1ccc2c(ccn2C)n1. The fourth-order valence-corrected chi connectivity index (χ4v) is 1.39. The molecule has 2 aromatic rings. The van der Waals surface area contributed by atoms with Gasteiger partial charge in [-0.15, -0.1) is 0 Å². The maximum absolute atomic E-state index is 4.42. The van der Waals surface area contributed by atoms with Crippen molar-refractivity contribution in [1.29, 1.82) is 0 Å². The number of fused-ring (bicyclic) bond motifs is 1. The molecule has 0 N–H and O–H groups in total. The molecular weight excluding hydrogens is 188 g/mol. The summed E-state index contributed by atoms with van der Waals surface area (Å²) in [5, 5.41) is 0. The van der Waals surface area contributed by atoms with Crippen molar-refractivity contribution in [2.45, 2.75) is 0 Å². The summed E-state index contributed by atoms with van der Waals surface area (Å²) in [6, 6.07) is 5.94. The van der Waals surface area contributed by atoms with Crippen LogP contribution >= 0.6 is 0 Å². The van der Waals surface area contributed by atoms with Crippen molar-refractivity contribution in [3.63, 3.8) is 0 Å². The molecule has 0 fully saturated rings. The number of aliphatic imine (C=N–C) groups is 1. The van der Waals surface area contributed by atoms with E-state index in [0.717, 1.165) is 16.9 Å². The van der Waals surface area contributed by atoms with Gasteiger partial charge in [-0.25, -0.2) is 9.98 Å². The number of pyridine rings is 1. The Labute approximate surface area is 88.9 Å². The van der Waals surface area contributed by atoms with Crippen LogP contribution in [-0.4, -0.2) is 34.9 Å². The van der Waals surface area contributed by atoms with Crippen LogP contribution in [0.1, 0.15) is 0 Å². The zero-order chi connectivity index (χ0) is 10.8. The predicted molar refractivity (Wildman–Crippen MR) is 62.6 cm³/mol. The summed E-state index contributed by atoms with van der Waals surface area (Å²) in [5.74, 6) is 0.738. The molecule has 0 atom stereocenters. The highest BCUT2D eigenvalue weighted by Gasteiger charge is 1.99. The summed E-state index contributed by atoms with van der Waals surface area (Å²) in [4.78, 5) is 10.6. The van der Waals surface area contributed by atoms with Gasteiger partial charge in [0.1, 0.15) is 0 Å². The van der Waals surface area contributed by atoms with Crippen LogP contribution in [0.3, 0.4) is 0 Å². The fraction of sp³-hybridized carbons (Fsp3) is 0.273. The average Bonchev–Trinajstić information content (AvgIpc) is 2.57. The maximum atomic E-state index is 4.42. The van der Waals surface area contributed by atoms with Gasteiger partial charge in [0.15, 0.2) is 5.82 Å². The van der Waals surface area contributed by atoms with Crippen LogP contribution in [0.5, 0.6) is 0 Å². The molecule has 15 heavy (non-hydrogen) atoms. The molecule has 4 nitrogen and oxygen atoms in total. The lowest BCUT2D eigenvalue weighted by molar-refractivity contribution is 0.643. The van der Waals surface area contributed by atoms with Crippen LogP contribution in [0.4, 0.5) is 5.82 Å². The van der Waals surface area contributed by atoms with E-state index < -0.39 is 0 Å². The van der Waals surface area contributed by atoms with E-state index in [2.05, 4.69) is 9.98 Å². The highest BCUT2D eigenvalue weighted by Crippen LogP contribution is 2.16. The standard InChI is InChI=1S/C11H14N4/c1-14(2)8-12-11-5-4-10-9(13-11)6-7-15(10)3/h4-8H,1-3H3. The van der Waals surface area contributed by atoms with Crippen LogP contribution in [0.2, 0.25) is 0 Å². The lowest BCUT2D eigenvalue weighted by atomic mass is 10.4. The molecule has 0 spiro atoms. The van der Waals surface area contributed by atoms with E-state index in [0.29, 0.717) is 0 Å². The number of aromatic nitrogens is 2. The van der Waals surface area contributed by atoms with Crippen molar-refractivity contribution in [3.8, 4) is 0 Å². The Hall–Kier alpha value is -1.84. The van der Waals surface area contributed by atoms with Crippen molar-refractivity contribution in [1.82, 2.24) is 14.5 Å². The molecule has 0 bridgehead atoms. The Morgan fingerprint density at radius 1 is 1.33 bits per heavy atom. The first-order chi connectivity index (χ1) is 7.16. The lowest BCUT2D eigenvalue weighted by Crippen LogP contribution is -2.07. The van der Waals surface area contributed by atoms with E-state index >= 15 is 0 Å². The van der Waals surface area contributed by atoms with Gasteiger partial charge in [-0.1, -0.05) is 0 Å². The first-order valence-electron chi connectivity index (χ1n) is 4.79. The van der Waals surface area contributed by atoms with Gasteiger partial charge in [0.25, 0.3) is 0 Å². The van der Waals surface area contributed by atoms with Crippen LogP contribution in [0.15, 0.2) is 29.4 Å². The molecule has 0 aliphatic carbocycles. The summed E-state index contributed by atoms with van der Waals surface area (Å²) in [5.41, 5.74) is 2.10. The van der Waals surface area contributed by atoms with E-state index in [1.54, 1.807) is 6.34 Å². The number of nitrogens with zero attached hydrogens (tertiary/aromatic N) is 4. The Morgan fingerprint density at radius 3 is 2.87 bits per heavy atom. The van der Waals surface area contributed by atoms with E-state index in [1.807, 2.05) is 55.0 Å². The van der Waals surface area contributed by atoms with E-state index in [9.17, 15) is 0 Å². The van der Waals surface area contributed by atoms with Crippen molar-refractivity contribution in [2.24, 2.45) is 12.0 Å². The monoisotopic (exact) mass is 202 g/mol. The van der Waals surface area contributed by atoms with Crippen molar-refractivity contribution < 1.29 is 0 Å². The summed E-state index contributed by atoms with van der Waals surface area (Å²) in [6.45, 7) is 0. The molecule has 4 heteroatoms. The molecule has 0 unspecified atom stereocenters. The molecule has 2 aromatic heterocycles.